The van der Waals surface area contributed by atoms with Crippen molar-refractivity contribution in [1.29, 1.82) is 0 Å². The third-order valence-corrected chi connectivity index (χ3v) is 2.52. The zero-order valence-corrected chi connectivity index (χ0v) is 9.96. The second kappa shape index (κ2) is 5.46. The highest BCUT2D eigenvalue weighted by molar-refractivity contribution is 5.85. The first-order chi connectivity index (χ1) is 8.66. The number of carbonyl (C=O) groups is 1. The van der Waals surface area contributed by atoms with E-state index in [0.717, 1.165) is 18.8 Å². The number of nitrogens with one attached hydrogen (secondary N) is 1. The van der Waals surface area contributed by atoms with Gasteiger partial charge in [-0.1, -0.05) is 5.16 Å². The fourth-order valence-corrected chi connectivity index (χ4v) is 1.55. The van der Waals surface area contributed by atoms with Crippen molar-refractivity contribution in [3.05, 3.63) is 35.7 Å². The molecule has 2 aromatic heterocycles. The van der Waals surface area contributed by atoms with Crippen molar-refractivity contribution in [3.8, 4) is 0 Å². The molecule has 0 fully saturated rings. The van der Waals surface area contributed by atoms with Crippen LogP contribution < -0.4 is 5.32 Å². The number of carboxylic acids is 1. The Morgan fingerprint density at radius 3 is 3.06 bits per heavy atom. The number of aromatic nitrogens is 3. The van der Waals surface area contributed by atoms with Gasteiger partial charge in [0.15, 0.2) is 11.5 Å². The lowest BCUT2D eigenvalue weighted by atomic mass is 10.3. The van der Waals surface area contributed by atoms with Gasteiger partial charge in [0.2, 0.25) is 0 Å². The molecule has 0 unspecified atom stereocenters. The van der Waals surface area contributed by atoms with E-state index in [1.807, 2.05) is 17.8 Å². The van der Waals surface area contributed by atoms with Gasteiger partial charge in [-0.15, -0.1) is 0 Å². The molecule has 0 radical (unpaired) electrons. The summed E-state index contributed by atoms with van der Waals surface area (Å²) in [5.41, 5.74) is -0.0732. The van der Waals surface area contributed by atoms with Gasteiger partial charge in [-0.2, -0.15) is 0 Å². The van der Waals surface area contributed by atoms with Gasteiger partial charge in [0.05, 0.1) is 6.54 Å². The Hall–Kier alpha value is -2.15. The number of carboxylic acid groups (broad SMARTS) is 1. The quantitative estimate of drug-likeness (QED) is 0.722. The fraction of sp³-hybridized carbons (Fsp3) is 0.364. The van der Waals surface area contributed by atoms with Crippen LogP contribution in [-0.4, -0.2) is 32.3 Å². The second-order valence-electron chi connectivity index (χ2n) is 3.86. The highest BCUT2D eigenvalue weighted by Gasteiger charge is 2.10. The highest BCUT2D eigenvalue weighted by Crippen LogP contribution is 2.03. The van der Waals surface area contributed by atoms with Crippen molar-refractivity contribution in [1.82, 2.24) is 20.0 Å². The van der Waals surface area contributed by atoms with Gasteiger partial charge in [0.25, 0.3) is 0 Å². The number of aryl methyl sites for hydroxylation is 1. The molecule has 0 aliphatic carbocycles. The Morgan fingerprint density at radius 2 is 2.44 bits per heavy atom. The smallest absolute Gasteiger partial charge is 0.358 e. The molecule has 0 atom stereocenters. The summed E-state index contributed by atoms with van der Waals surface area (Å²) in [6.07, 6.45) is 4.44. The van der Waals surface area contributed by atoms with Gasteiger partial charge in [-0.25, -0.2) is 9.78 Å². The number of imidazole rings is 1. The summed E-state index contributed by atoms with van der Waals surface area (Å²) in [7, 11) is 1.94. The lowest BCUT2D eigenvalue weighted by Crippen LogP contribution is -2.17. The fourth-order valence-electron chi connectivity index (χ4n) is 1.55. The summed E-state index contributed by atoms with van der Waals surface area (Å²) >= 11 is 0. The summed E-state index contributed by atoms with van der Waals surface area (Å²) in [6.45, 7) is 1.18. The molecule has 2 N–H and O–H groups in total. The molecule has 0 aliphatic rings. The van der Waals surface area contributed by atoms with Crippen molar-refractivity contribution in [2.75, 3.05) is 6.54 Å². The highest BCUT2D eigenvalue weighted by atomic mass is 16.5. The summed E-state index contributed by atoms with van der Waals surface area (Å²) in [5.74, 6) is 0.413. The van der Waals surface area contributed by atoms with Crippen LogP contribution in [0.1, 0.15) is 22.1 Å². The standard InChI is InChI=1S/C11H14N4O3/c1-15-5-4-13-10(15)2-3-12-7-8-6-9(11(16)17)14-18-8/h4-6,12H,2-3,7H2,1H3,(H,16,17). The molecule has 7 nitrogen and oxygen atoms in total. The monoisotopic (exact) mass is 250 g/mol. The molecule has 7 heteroatoms. The molecule has 0 saturated heterocycles. The predicted octanol–water partition coefficient (Wildman–Crippen LogP) is 0.439. The molecule has 0 aliphatic heterocycles. The maximum atomic E-state index is 10.6. The maximum absolute atomic E-state index is 10.6. The van der Waals surface area contributed by atoms with Crippen LogP contribution in [0.2, 0.25) is 0 Å². The molecule has 2 rings (SSSR count). The lowest BCUT2D eigenvalue weighted by Gasteiger charge is -2.02. The molecule has 2 heterocycles. The molecule has 96 valence electrons. The molecule has 0 amide bonds. The zero-order valence-electron chi connectivity index (χ0n) is 9.96. The Balaban J connectivity index is 1.75. The van der Waals surface area contributed by atoms with E-state index in [2.05, 4.69) is 15.5 Å². The van der Waals surface area contributed by atoms with Crippen LogP contribution in [0.25, 0.3) is 0 Å². The average Bonchev–Trinajstić information content (AvgIpc) is 2.94. The Kier molecular flexibility index (Phi) is 3.73. The summed E-state index contributed by atoms with van der Waals surface area (Å²) in [6, 6.07) is 1.41. The van der Waals surface area contributed by atoms with Crippen LogP contribution in [0.5, 0.6) is 0 Å². The second-order valence-corrected chi connectivity index (χ2v) is 3.86. The van der Waals surface area contributed by atoms with Gasteiger partial charge >= 0.3 is 5.97 Å². The van der Waals surface area contributed by atoms with Crippen LogP contribution in [0.3, 0.4) is 0 Å². The van der Waals surface area contributed by atoms with Gasteiger partial charge in [0, 0.05) is 38.5 Å². The van der Waals surface area contributed by atoms with Gasteiger partial charge in [0.1, 0.15) is 5.82 Å². The lowest BCUT2D eigenvalue weighted by molar-refractivity contribution is 0.0685. The maximum Gasteiger partial charge on any atom is 0.358 e. The third kappa shape index (κ3) is 2.95. The van der Waals surface area contributed by atoms with E-state index in [4.69, 9.17) is 9.63 Å². The molecular formula is C11H14N4O3. The number of rotatable bonds is 6. The van der Waals surface area contributed by atoms with Crippen LogP contribution in [0.15, 0.2) is 23.0 Å². The first kappa shape index (κ1) is 12.3. The Morgan fingerprint density at radius 1 is 1.61 bits per heavy atom. The van der Waals surface area contributed by atoms with Crippen molar-refractivity contribution >= 4 is 5.97 Å². The normalized spacial score (nSPS) is 10.7. The topological polar surface area (TPSA) is 93.2 Å². The summed E-state index contributed by atoms with van der Waals surface area (Å²) < 4.78 is 6.83. The molecule has 2 aromatic rings. The van der Waals surface area contributed by atoms with Crippen molar-refractivity contribution in [2.24, 2.45) is 7.05 Å². The summed E-state index contributed by atoms with van der Waals surface area (Å²) in [5, 5.41) is 15.2. The molecule has 18 heavy (non-hydrogen) atoms. The third-order valence-electron chi connectivity index (χ3n) is 2.52. The van der Waals surface area contributed by atoms with Gasteiger partial charge < -0.3 is 19.5 Å². The number of aromatic carboxylic acids is 1. The minimum atomic E-state index is -1.09. The molecule has 0 bridgehead atoms. The van der Waals surface area contributed by atoms with Crippen molar-refractivity contribution in [2.45, 2.75) is 13.0 Å². The van der Waals surface area contributed by atoms with Crippen LogP contribution in [0.4, 0.5) is 0 Å². The van der Waals surface area contributed by atoms with Gasteiger partial charge in [-0.05, 0) is 0 Å². The molecule has 0 saturated carbocycles. The SMILES string of the molecule is Cn1ccnc1CCNCc1cc(C(=O)O)no1. The largest absolute Gasteiger partial charge is 0.476 e. The van der Waals surface area contributed by atoms with Crippen LogP contribution in [0, 0.1) is 0 Å². The minimum Gasteiger partial charge on any atom is -0.476 e. The first-order valence-corrected chi connectivity index (χ1v) is 5.52. The zero-order chi connectivity index (χ0) is 13.0. The number of nitrogens with zero attached hydrogens (tertiary/aromatic N) is 3. The molecule has 0 spiro atoms. The molecular weight excluding hydrogens is 236 g/mol. The molecule has 0 aromatic carbocycles. The first-order valence-electron chi connectivity index (χ1n) is 5.52. The van der Waals surface area contributed by atoms with Gasteiger partial charge in [-0.3, -0.25) is 0 Å². The van der Waals surface area contributed by atoms with E-state index < -0.39 is 5.97 Å². The van der Waals surface area contributed by atoms with E-state index in [0.29, 0.717) is 12.3 Å². The van der Waals surface area contributed by atoms with Crippen LogP contribution >= 0.6 is 0 Å². The van der Waals surface area contributed by atoms with Crippen molar-refractivity contribution < 1.29 is 14.4 Å². The minimum absolute atomic E-state index is 0.0732. The van der Waals surface area contributed by atoms with Crippen molar-refractivity contribution in [3.63, 3.8) is 0 Å². The Labute approximate surface area is 103 Å². The predicted molar refractivity (Wildman–Crippen MR) is 62.1 cm³/mol. The van der Waals surface area contributed by atoms with E-state index in [1.54, 1.807) is 6.20 Å². The van der Waals surface area contributed by atoms with Crippen LogP contribution in [-0.2, 0) is 20.0 Å². The van der Waals surface area contributed by atoms with E-state index in [1.165, 1.54) is 6.07 Å². The number of hydrogen-bond donors (Lipinski definition) is 2. The average molecular weight is 250 g/mol. The summed E-state index contributed by atoms with van der Waals surface area (Å²) in [4.78, 5) is 14.8. The van der Waals surface area contributed by atoms with E-state index >= 15 is 0 Å². The Bertz CT molecular complexity index is 532. The van der Waals surface area contributed by atoms with E-state index in [-0.39, 0.29) is 5.69 Å². The number of hydrogen-bond acceptors (Lipinski definition) is 5. The van der Waals surface area contributed by atoms with E-state index in [9.17, 15) is 4.79 Å².